The van der Waals surface area contributed by atoms with Gasteiger partial charge in [-0.3, -0.25) is 14.4 Å². The molecule has 3 rings (SSSR count). The van der Waals surface area contributed by atoms with E-state index in [9.17, 15) is 27.6 Å². The molecule has 1 unspecified atom stereocenters. The number of alkyl halides is 3. The summed E-state index contributed by atoms with van der Waals surface area (Å²) in [5, 5.41) is 7.09. The van der Waals surface area contributed by atoms with E-state index in [4.69, 9.17) is 4.42 Å². The summed E-state index contributed by atoms with van der Waals surface area (Å²) in [5.41, 5.74) is 1.55. The number of hydrogen-bond acceptors (Lipinski definition) is 4. The van der Waals surface area contributed by atoms with Gasteiger partial charge in [0.15, 0.2) is 5.76 Å². The van der Waals surface area contributed by atoms with Crippen LogP contribution in [0.25, 0.3) is 0 Å². The number of furan rings is 1. The molecule has 34 heavy (non-hydrogen) atoms. The fourth-order valence-electron chi connectivity index (χ4n) is 3.10. The van der Waals surface area contributed by atoms with Crippen LogP contribution in [0.4, 0.5) is 18.9 Å². The third kappa shape index (κ3) is 6.96. The normalized spacial score (nSPS) is 12.0. The molecule has 0 aliphatic heterocycles. The predicted octanol–water partition coefficient (Wildman–Crippen LogP) is 3.86. The van der Waals surface area contributed by atoms with E-state index in [0.717, 1.165) is 5.56 Å². The van der Waals surface area contributed by atoms with Gasteiger partial charge in [0.2, 0.25) is 5.91 Å². The highest BCUT2D eigenvalue weighted by Gasteiger charge is 2.28. The third-order valence-electron chi connectivity index (χ3n) is 4.86. The summed E-state index contributed by atoms with van der Waals surface area (Å²) in [5.74, 6) is -2.05. The van der Waals surface area contributed by atoms with Crippen molar-refractivity contribution < 1.29 is 32.0 Å². The van der Waals surface area contributed by atoms with Gasteiger partial charge in [0.1, 0.15) is 12.6 Å². The number of benzene rings is 2. The number of halogens is 3. The lowest BCUT2D eigenvalue weighted by molar-refractivity contribution is -0.123. The highest BCUT2D eigenvalue weighted by molar-refractivity contribution is 6.02. The van der Waals surface area contributed by atoms with Crippen LogP contribution >= 0.6 is 0 Å². The molecular formula is C24H22F3N3O4. The average molecular weight is 473 g/mol. The van der Waals surface area contributed by atoms with Crippen LogP contribution in [0.1, 0.15) is 32.0 Å². The maximum absolute atomic E-state index is 13.1. The van der Waals surface area contributed by atoms with E-state index >= 15 is 0 Å². The number of amides is 3. The summed E-state index contributed by atoms with van der Waals surface area (Å²) in [6.45, 7) is 0.194. The molecular weight excluding hydrogens is 451 g/mol. The molecule has 0 spiro atoms. The number of anilines is 1. The maximum Gasteiger partial charge on any atom is 0.405 e. The molecule has 1 heterocycles. The fraction of sp³-hybridized carbons (Fsp3) is 0.208. The largest absolute Gasteiger partial charge is 0.459 e. The molecule has 1 aromatic heterocycles. The van der Waals surface area contributed by atoms with Crippen LogP contribution in [0.15, 0.2) is 71.3 Å². The molecule has 3 N–H and O–H groups in total. The molecule has 10 heteroatoms. The molecule has 0 aliphatic carbocycles. The standard InChI is InChI=1S/C24H22F3N3O4/c1-15-9-10-17(21(31)28-14-24(25,26)27)13-18(15)29-22(32)19(12-16-6-3-2-4-7-16)30-23(33)20-8-5-11-34-20/h2-11,13,19H,12,14H2,1H3,(H,28,31)(H,29,32)(H,30,33). The zero-order valence-electron chi connectivity index (χ0n) is 18.1. The second-order valence-electron chi connectivity index (χ2n) is 7.51. The van der Waals surface area contributed by atoms with Gasteiger partial charge in [0, 0.05) is 17.7 Å². The summed E-state index contributed by atoms with van der Waals surface area (Å²) in [6.07, 6.45) is -3.04. The Morgan fingerprint density at radius 2 is 1.71 bits per heavy atom. The Hall–Kier alpha value is -4.08. The average Bonchev–Trinajstić information content (AvgIpc) is 3.34. The quantitative estimate of drug-likeness (QED) is 0.463. The van der Waals surface area contributed by atoms with E-state index < -0.39 is 36.5 Å². The number of carbonyl (C=O) groups is 3. The Labute approximate surface area is 193 Å². The predicted molar refractivity (Wildman–Crippen MR) is 118 cm³/mol. The van der Waals surface area contributed by atoms with Crippen molar-refractivity contribution in [1.29, 1.82) is 0 Å². The highest BCUT2D eigenvalue weighted by Crippen LogP contribution is 2.19. The van der Waals surface area contributed by atoms with Gasteiger partial charge in [-0.25, -0.2) is 0 Å². The van der Waals surface area contributed by atoms with Gasteiger partial charge in [-0.2, -0.15) is 13.2 Å². The molecule has 3 amide bonds. The summed E-state index contributed by atoms with van der Waals surface area (Å²) in [4.78, 5) is 37.7. The molecule has 0 radical (unpaired) electrons. The summed E-state index contributed by atoms with van der Waals surface area (Å²) in [6, 6.07) is 15.2. The number of hydrogen-bond donors (Lipinski definition) is 3. The topological polar surface area (TPSA) is 100 Å². The molecule has 178 valence electrons. The number of rotatable bonds is 8. The van der Waals surface area contributed by atoms with Crippen LogP contribution in [-0.2, 0) is 11.2 Å². The zero-order valence-corrected chi connectivity index (χ0v) is 18.1. The second kappa shape index (κ2) is 10.7. The van der Waals surface area contributed by atoms with Crippen molar-refractivity contribution in [2.45, 2.75) is 25.6 Å². The zero-order chi connectivity index (χ0) is 24.7. The van der Waals surface area contributed by atoms with E-state index in [1.54, 1.807) is 42.6 Å². The first-order chi connectivity index (χ1) is 16.1. The lowest BCUT2D eigenvalue weighted by atomic mass is 10.0. The highest BCUT2D eigenvalue weighted by atomic mass is 19.4. The van der Waals surface area contributed by atoms with Crippen LogP contribution in [0.3, 0.4) is 0 Å². The smallest absolute Gasteiger partial charge is 0.405 e. The molecule has 0 aliphatic rings. The van der Waals surface area contributed by atoms with Crippen molar-refractivity contribution >= 4 is 23.4 Å². The number of nitrogens with one attached hydrogen (secondary N) is 3. The Morgan fingerprint density at radius 1 is 0.971 bits per heavy atom. The molecule has 0 bridgehead atoms. The fourth-order valence-corrected chi connectivity index (χ4v) is 3.10. The molecule has 2 aromatic carbocycles. The lowest BCUT2D eigenvalue weighted by Crippen LogP contribution is -2.45. The van der Waals surface area contributed by atoms with E-state index in [0.29, 0.717) is 5.56 Å². The summed E-state index contributed by atoms with van der Waals surface area (Å²) in [7, 11) is 0. The van der Waals surface area contributed by atoms with Crippen LogP contribution in [0, 0.1) is 6.92 Å². The molecule has 0 fully saturated rings. The van der Waals surface area contributed by atoms with Crippen LogP contribution in [0.5, 0.6) is 0 Å². The summed E-state index contributed by atoms with van der Waals surface area (Å²) < 4.78 is 42.3. The van der Waals surface area contributed by atoms with Gasteiger partial charge < -0.3 is 20.4 Å². The Morgan fingerprint density at radius 3 is 2.35 bits per heavy atom. The van der Waals surface area contributed by atoms with Crippen molar-refractivity contribution in [2.75, 3.05) is 11.9 Å². The SMILES string of the molecule is Cc1ccc(C(=O)NCC(F)(F)F)cc1NC(=O)C(Cc1ccccc1)NC(=O)c1ccco1. The van der Waals surface area contributed by atoms with Gasteiger partial charge in [0.05, 0.1) is 6.26 Å². The van der Waals surface area contributed by atoms with Crippen molar-refractivity contribution in [1.82, 2.24) is 10.6 Å². The third-order valence-corrected chi connectivity index (χ3v) is 4.86. The van der Waals surface area contributed by atoms with Gasteiger partial charge in [-0.05, 0) is 42.3 Å². The lowest BCUT2D eigenvalue weighted by Gasteiger charge is -2.19. The van der Waals surface area contributed by atoms with Crippen LogP contribution in [0.2, 0.25) is 0 Å². The number of aryl methyl sites for hydroxylation is 1. The second-order valence-corrected chi connectivity index (χ2v) is 7.51. The van der Waals surface area contributed by atoms with Gasteiger partial charge in [-0.15, -0.1) is 0 Å². The van der Waals surface area contributed by atoms with E-state index in [-0.39, 0.29) is 23.4 Å². The Bertz CT molecular complexity index is 1150. The van der Waals surface area contributed by atoms with Crippen LogP contribution in [-0.4, -0.2) is 36.5 Å². The van der Waals surface area contributed by atoms with E-state index in [2.05, 4.69) is 10.6 Å². The van der Waals surface area contributed by atoms with Gasteiger partial charge >= 0.3 is 6.18 Å². The monoisotopic (exact) mass is 473 g/mol. The van der Waals surface area contributed by atoms with Crippen LogP contribution < -0.4 is 16.0 Å². The Balaban J connectivity index is 1.78. The minimum atomic E-state index is -4.55. The minimum absolute atomic E-state index is 0.0328. The first-order valence-corrected chi connectivity index (χ1v) is 10.3. The minimum Gasteiger partial charge on any atom is -0.459 e. The molecule has 7 nitrogen and oxygen atoms in total. The van der Waals surface area contributed by atoms with Gasteiger partial charge in [0.25, 0.3) is 11.8 Å². The maximum atomic E-state index is 13.1. The first-order valence-electron chi connectivity index (χ1n) is 10.3. The molecule has 0 saturated carbocycles. The summed E-state index contributed by atoms with van der Waals surface area (Å²) >= 11 is 0. The van der Waals surface area contributed by atoms with Crippen molar-refractivity contribution in [3.05, 3.63) is 89.4 Å². The molecule has 1 atom stereocenters. The molecule has 0 saturated heterocycles. The first kappa shape index (κ1) is 24.6. The van der Waals surface area contributed by atoms with Gasteiger partial charge in [-0.1, -0.05) is 36.4 Å². The van der Waals surface area contributed by atoms with Crippen molar-refractivity contribution in [3.63, 3.8) is 0 Å². The Kier molecular flexibility index (Phi) is 7.72. The molecule has 3 aromatic rings. The van der Waals surface area contributed by atoms with Crippen molar-refractivity contribution in [2.24, 2.45) is 0 Å². The van der Waals surface area contributed by atoms with E-state index in [1.807, 2.05) is 6.07 Å². The van der Waals surface area contributed by atoms with E-state index in [1.165, 1.54) is 30.5 Å². The van der Waals surface area contributed by atoms with Crippen molar-refractivity contribution in [3.8, 4) is 0 Å². The number of carbonyl (C=O) groups excluding carboxylic acids is 3.